The maximum absolute atomic E-state index is 13.6. The molecule has 1 saturated heterocycles. The van der Waals surface area contributed by atoms with Crippen molar-refractivity contribution in [3.63, 3.8) is 0 Å². The van der Waals surface area contributed by atoms with Crippen LogP contribution >= 0.6 is 0 Å². The summed E-state index contributed by atoms with van der Waals surface area (Å²) in [5, 5.41) is 14.4. The highest BCUT2D eigenvalue weighted by atomic mass is 19.1. The smallest absolute Gasteiger partial charge is 0.268 e. The minimum absolute atomic E-state index is 0.0278. The van der Waals surface area contributed by atoms with E-state index >= 15 is 0 Å². The number of ether oxygens (including phenoxy) is 1. The number of pyridine rings is 2. The number of hydrogen-bond donors (Lipinski definition) is 2. The van der Waals surface area contributed by atoms with Gasteiger partial charge in [-0.15, -0.1) is 0 Å². The Bertz CT molecular complexity index is 1370. The number of aromatic hydroxyl groups is 1. The summed E-state index contributed by atoms with van der Waals surface area (Å²) in [6.45, 7) is 3.73. The largest absolute Gasteiger partial charge is 0.506 e. The average Bonchev–Trinajstić information content (AvgIpc) is 3.66. The van der Waals surface area contributed by atoms with Crippen molar-refractivity contribution in [1.82, 2.24) is 19.8 Å². The molecular formula is C27H29FN4O4. The molecule has 3 aromatic rings. The van der Waals surface area contributed by atoms with Crippen molar-refractivity contribution in [3.05, 3.63) is 58.3 Å². The zero-order chi connectivity index (χ0) is 24.9. The number of carbonyl (C=O) groups is 1. The summed E-state index contributed by atoms with van der Waals surface area (Å²) in [7, 11) is 0. The molecule has 3 aliphatic rings. The van der Waals surface area contributed by atoms with Crippen molar-refractivity contribution < 1.29 is 19.0 Å². The molecule has 2 saturated carbocycles. The van der Waals surface area contributed by atoms with Crippen LogP contribution in [0.25, 0.3) is 22.2 Å². The molecule has 1 aromatic carbocycles. The highest BCUT2D eigenvalue weighted by Crippen LogP contribution is 2.60. The van der Waals surface area contributed by atoms with Crippen LogP contribution in [0.4, 0.5) is 4.39 Å². The van der Waals surface area contributed by atoms with E-state index in [1.165, 1.54) is 29.5 Å². The highest BCUT2D eigenvalue weighted by molar-refractivity contribution is 6.02. The fraction of sp³-hybridized carbons (Fsp3) is 0.444. The average molecular weight is 493 g/mol. The molecule has 188 valence electrons. The normalized spacial score (nSPS) is 19.4. The van der Waals surface area contributed by atoms with Crippen molar-refractivity contribution >= 4 is 16.9 Å². The summed E-state index contributed by atoms with van der Waals surface area (Å²) < 4.78 is 20.3. The number of benzene rings is 1. The van der Waals surface area contributed by atoms with Gasteiger partial charge in [0.05, 0.1) is 18.6 Å². The van der Waals surface area contributed by atoms with Gasteiger partial charge in [0.25, 0.3) is 11.5 Å². The minimum atomic E-state index is -0.549. The van der Waals surface area contributed by atoms with E-state index in [1.54, 1.807) is 24.4 Å². The summed E-state index contributed by atoms with van der Waals surface area (Å²) in [5.74, 6) is -1.27. The Labute approximate surface area is 207 Å². The van der Waals surface area contributed by atoms with E-state index < -0.39 is 11.5 Å². The first-order valence-corrected chi connectivity index (χ1v) is 12.5. The maximum atomic E-state index is 13.6. The molecule has 0 bridgehead atoms. The molecule has 0 radical (unpaired) electrons. The van der Waals surface area contributed by atoms with E-state index in [2.05, 4.69) is 15.2 Å². The van der Waals surface area contributed by atoms with Gasteiger partial charge in [0.2, 0.25) is 0 Å². The highest BCUT2D eigenvalue weighted by Gasteiger charge is 2.53. The Hall–Kier alpha value is -3.30. The number of halogens is 1. The van der Waals surface area contributed by atoms with Crippen LogP contribution in [0.5, 0.6) is 5.75 Å². The third-order valence-electron chi connectivity index (χ3n) is 7.87. The molecule has 2 aliphatic carbocycles. The number of nitrogens with one attached hydrogen (secondary N) is 1. The van der Waals surface area contributed by atoms with Gasteiger partial charge in [-0.05, 0) is 54.9 Å². The molecule has 1 amide bonds. The van der Waals surface area contributed by atoms with Gasteiger partial charge in [-0.25, -0.2) is 9.37 Å². The van der Waals surface area contributed by atoms with Crippen molar-refractivity contribution in [3.8, 4) is 16.9 Å². The Balaban J connectivity index is 1.39. The molecule has 6 rings (SSSR count). The lowest BCUT2D eigenvalue weighted by atomic mass is 9.77. The van der Waals surface area contributed by atoms with E-state index in [4.69, 9.17) is 4.74 Å². The van der Waals surface area contributed by atoms with Crippen LogP contribution in [0, 0.1) is 11.2 Å². The number of rotatable bonds is 6. The number of aromatic nitrogens is 2. The van der Waals surface area contributed by atoms with Gasteiger partial charge in [-0.2, -0.15) is 0 Å². The standard InChI is InChI=1S/C27H29FN4O4/c28-19-3-1-17(2-4-19)18-13-21-23(33)22(25(34)30-20-14-27(15-20)5-6-27)26(35)32(24(21)29-16-18)8-7-31-9-11-36-12-10-31/h1-4,13,16,20,33H,5-12,14-15H2,(H,30,34). The number of carbonyl (C=O) groups excluding carboxylic acids is 1. The lowest BCUT2D eigenvalue weighted by molar-refractivity contribution is 0.0364. The predicted molar refractivity (Wildman–Crippen MR) is 132 cm³/mol. The van der Waals surface area contributed by atoms with E-state index in [-0.39, 0.29) is 23.2 Å². The quantitative estimate of drug-likeness (QED) is 0.549. The molecule has 8 nitrogen and oxygen atoms in total. The second-order valence-electron chi connectivity index (χ2n) is 10.3. The zero-order valence-corrected chi connectivity index (χ0v) is 20.0. The third kappa shape index (κ3) is 4.26. The SMILES string of the molecule is O=C(NC1CC2(CC2)C1)c1c(O)c2cc(-c3ccc(F)cc3)cnc2n(CCN2CCOCC2)c1=O. The van der Waals surface area contributed by atoms with Crippen LogP contribution in [-0.4, -0.2) is 64.4 Å². The number of fused-ring (bicyclic) bond motifs is 1. The minimum Gasteiger partial charge on any atom is -0.506 e. The van der Waals surface area contributed by atoms with Gasteiger partial charge in [0, 0.05) is 44.0 Å². The lowest BCUT2D eigenvalue weighted by Gasteiger charge is -2.36. The predicted octanol–water partition coefficient (Wildman–Crippen LogP) is 2.91. The molecule has 2 aromatic heterocycles. The van der Waals surface area contributed by atoms with E-state index in [9.17, 15) is 19.1 Å². The summed E-state index contributed by atoms with van der Waals surface area (Å²) in [4.78, 5) is 33.5. The number of nitrogens with zero attached hydrogens (tertiary/aromatic N) is 3. The van der Waals surface area contributed by atoms with Crippen LogP contribution < -0.4 is 10.9 Å². The third-order valence-corrected chi connectivity index (χ3v) is 7.87. The molecule has 36 heavy (non-hydrogen) atoms. The topological polar surface area (TPSA) is 96.7 Å². The lowest BCUT2D eigenvalue weighted by Crippen LogP contribution is -2.47. The van der Waals surface area contributed by atoms with Gasteiger partial charge in [0.15, 0.2) is 0 Å². The fourth-order valence-corrected chi connectivity index (χ4v) is 5.52. The molecule has 0 unspecified atom stereocenters. The van der Waals surface area contributed by atoms with Crippen LogP contribution in [0.15, 0.2) is 41.3 Å². The number of morpholine rings is 1. The molecule has 1 aliphatic heterocycles. The molecule has 3 heterocycles. The van der Waals surface area contributed by atoms with Gasteiger partial charge in [-0.3, -0.25) is 19.1 Å². The second kappa shape index (κ2) is 8.97. The maximum Gasteiger partial charge on any atom is 0.268 e. The number of amides is 1. The Morgan fingerprint density at radius 2 is 1.86 bits per heavy atom. The molecule has 0 atom stereocenters. The van der Waals surface area contributed by atoms with Gasteiger partial charge < -0.3 is 15.2 Å². The zero-order valence-electron chi connectivity index (χ0n) is 20.0. The summed E-state index contributed by atoms with van der Waals surface area (Å²) in [5.41, 5.74) is 1.28. The Morgan fingerprint density at radius 1 is 1.14 bits per heavy atom. The summed E-state index contributed by atoms with van der Waals surface area (Å²) >= 11 is 0. The Morgan fingerprint density at radius 3 is 2.56 bits per heavy atom. The first-order valence-electron chi connectivity index (χ1n) is 12.5. The van der Waals surface area contributed by atoms with Crippen LogP contribution in [0.3, 0.4) is 0 Å². The molecule has 3 fully saturated rings. The van der Waals surface area contributed by atoms with Crippen molar-refractivity contribution in [2.75, 3.05) is 32.8 Å². The van der Waals surface area contributed by atoms with E-state index in [0.717, 1.165) is 25.9 Å². The van der Waals surface area contributed by atoms with E-state index in [1.807, 2.05) is 0 Å². The van der Waals surface area contributed by atoms with Crippen molar-refractivity contribution in [2.45, 2.75) is 38.3 Å². The summed E-state index contributed by atoms with van der Waals surface area (Å²) in [6.07, 6.45) is 5.85. The van der Waals surface area contributed by atoms with Gasteiger partial charge in [-0.1, -0.05) is 12.1 Å². The van der Waals surface area contributed by atoms with Gasteiger partial charge in [0.1, 0.15) is 22.8 Å². The number of hydrogen-bond acceptors (Lipinski definition) is 6. The van der Waals surface area contributed by atoms with Crippen LogP contribution in [-0.2, 0) is 11.3 Å². The molecule has 2 N–H and O–H groups in total. The Kier molecular flexibility index (Phi) is 5.76. The van der Waals surface area contributed by atoms with Crippen LogP contribution in [0.1, 0.15) is 36.0 Å². The fourth-order valence-electron chi connectivity index (χ4n) is 5.52. The van der Waals surface area contributed by atoms with Crippen molar-refractivity contribution in [1.29, 1.82) is 0 Å². The van der Waals surface area contributed by atoms with Crippen molar-refractivity contribution in [2.24, 2.45) is 5.41 Å². The van der Waals surface area contributed by atoms with E-state index in [0.29, 0.717) is 53.9 Å². The first kappa shape index (κ1) is 23.1. The first-order chi connectivity index (χ1) is 17.4. The second-order valence-corrected chi connectivity index (χ2v) is 10.3. The van der Waals surface area contributed by atoms with Crippen LogP contribution in [0.2, 0.25) is 0 Å². The summed E-state index contributed by atoms with van der Waals surface area (Å²) in [6, 6.07) is 7.69. The van der Waals surface area contributed by atoms with Gasteiger partial charge >= 0.3 is 0 Å². The molecule has 1 spiro atoms. The monoisotopic (exact) mass is 492 g/mol. The molecule has 9 heteroatoms. The molecular weight excluding hydrogens is 463 g/mol.